The van der Waals surface area contributed by atoms with Crippen LogP contribution in [0, 0.1) is 0 Å². The number of rotatable bonds is 3. The van der Waals surface area contributed by atoms with Gasteiger partial charge < -0.3 is 0 Å². The van der Waals surface area contributed by atoms with Gasteiger partial charge in [-0.15, -0.1) is 11.3 Å². The van der Waals surface area contributed by atoms with Crippen molar-refractivity contribution in [3.05, 3.63) is 81.5 Å². The lowest BCUT2D eigenvalue weighted by molar-refractivity contribution is 1.15. The van der Waals surface area contributed by atoms with E-state index in [0.29, 0.717) is 10.2 Å². The molecule has 0 N–H and O–H groups in total. The van der Waals surface area contributed by atoms with Crippen LogP contribution in [0.4, 0.5) is 10.8 Å². The number of benzene rings is 2. The quantitative estimate of drug-likeness (QED) is 0.347. The van der Waals surface area contributed by atoms with Gasteiger partial charge in [-0.2, -0.15) is 10.1 Å². The smallest absolute Gasteiger partial charge is 0.212 e. The van der Waals surface area contributed by atoms with E-state index < -0.39 is 0 Å². The van der Waals surface area contributed by atoms with Crippen LogP contribution >= 0.6 is 34.3 Å². The molecular weight excluding hydrogens is 420 g/mol. The summed E-state index contributed by atoms with van der Waals surface area (Å²) in [6, 6.07) is 19.8. The first kappa shape index (κ1) is 18.2. The molecule has 2 aromatic carbocycles. The van der Waals surface area contributed by atoms with Crippen LogP contribution in [0.2, 0.25) is 5.02 Å². The summed E-state index contributed by atoms with van der Waals surface area (Å²) in [5, 5.41) is 10.0. The Kier molecular flexibility index (Phi) is 4.75. The third kappa shape index (κ3) is 3.62. The summed E-state index contributed by atoms with van der Waals surface area (Å²) in [5.74, 6) is 0.747. The number of hydrazone groups is 1. The van der Waals surface area contributed by atoms with Crippen LogP contribution < -0.4 is 5.01 Å². The van der Waals surface area contributed by atoms with Crippen LogP contribution in [0.3, 0.4) is 0 Å². The fraction of sp³-hybridized carbons (Fsp3) is 0.0455. The second kappa shape index (κ2) is 7.55. The third-order valence-electron chi connectivity index (χ3n) is 4.45. The highest BCUT2D eigenvalue weighted by molar-refractivity contribution is 7.22. The summed E-state index contributed by atoms with van der Waals surface area (Å²) >= 11 is 9.49. The monoisotopic (exact) mass is 434 g/mol. The molecule has 4 aromatic rings. The van der Waals surface area contributed by atoms with Gasteiger partial charge in [-0.25, -0.2) is 9.99 Å². The average Bonchev–Trinajstić information content (AvgIpc) is 3.43. The predicted octanol–water partition coefficient (Wildman–Crippen LogP) is 7.02. The first-order chi connectivity index (χ1) is 14.2. The summed E-state index contributed by atoms with van der Waals surface area (Å²) in [4.78, 5) is 10.8. The maximum absolute atomic E-state index is 6.23. The Morgan fingerprint density at radius 3 is 2.76 bits per heavy atom. The number of thiazole rings is 1. The highest BCUT2D eigenvalue weighted by Gasteiger charge is 2.27. The van der Waals surface area contributed by atoms with Gasteiger partial charge in [0.05, 0.1) is 21.6 Å². The first-order valence-electron chi connectivity index (χ1n) is 8.98. The number of amidine groups is 1. The molecule has 0 saturated carbocycles. The fourth-order valence-corrected chi connectivity index (χ4v) is 4.79. The topological polar surface area (TPSA) is 40.9 Å². The second-order valence-corrected chi connectivity index (χ2v) is 8.87. The molecular formula is C22H15ClN4S2. The molecule has 0 bridgehead atoms. The lowest BCUT2D eigenvalue weighted by atomic mass is 10.1. The molecule has 4 nitrogen and oxygen atoms in total. The van der Waals surface area contributed by atoms with E-state index in [0.717, 1.165) is 37.9 Å². The molecule has 142 valence electrons. The first-order valence-corrected chi connectivity index (χ1v) is 11.1. The zero-order chi connectivity index (χ0) is 19.8. The van der Waals surface area contributed by atoms with Crippen molar-refractivity contribution in [3.8, 4) is 0 Å². The zero-order valence-electron chi connectivity index (χ0n) is 15.4. The van der Waals surface area contributed by atoms with Gasteiger partial charge in [0.2, 0.25) is 5.13 Å². The molecule has 0 spiro atoms. The van der Waals surface area contributed by atoms with E-state index in [9.17, 15) is 0 Å². The number of para-hydroxylation sites is 1. The number of fused-ring (bicyclic) bond motifs is 1. The van der Waals surface area contributed by atoms with Gasteiger partial charge in [-0.3, -0.25) is 0 Å². The van der Waals surface area contributed by atoms with E-state index in [2.05, 4.69) is 28.6 Å². The molecule has 0 saturated heterocycles. The highest BCUT2D eigenvalue weighted by atomic mass is 35.5. The molecule has 0 amide bonds. The minimum Gasteiger partial charge on any atom is -0.218 e. The molecule has 0 fully saturated rings. The summed E-state index contributed by atoms with van der Waals surface area (Å²) in [6.07, 6.45) is 2.13. The Hall–Kier alpha value is -2.80. The number of nitrogens with zero attached hydrogens (tertiary/aromatic N) is 4. The van der Waals surface area contributed by atoms with Crippen molar-refractivity contribution >= 4 is 72.9 Å². The van der Waals surface area contributed by atoms with Crippen LogP contribution in [-0.4, -0.2) is 16.5 Å². The Morgan fingerprint density at radius 1 is 1.07 bits per heavy atom. The number of thiophene rings is 1. The Labute approximate surface area is 181 Å². The maximum atomic E-state index is 6.23. The largest absolute Gasteiger partial charge is 0.218 e. The van der Waals surface area contributed by atoms with Crippen molar-refractivity contribution < 1.29 is 0 Å². The number of hydrogen-bond donors (Lipinski definition) is 0. The Balaban J connectivity index is 1.66. The number of aliphatic imine (C=N–C) groups is 1. The minimum atomic E-state index is 0.658. The average molecular weight is 435 g/mol. The second-order valence-electron chi connectivity index (χ2n) is 6.45. The van der Waals surface area contributed by atoms with E-state index in [1.165, 1.54) is 0 Å². The van der Waals surface area contributed by atoms with Crippen LogP contribution in [0.25, 0.3) is 16.3 Å². The number of aromatic nitrogens is 1. The van der Waals surface area contributed by atoms with Crippen LogP contribution in [0.1, 0.15) is 11.8 Å². The molecule has 5 rings (SSSR count). The number of anilines is 1. The SMILES string of the molecule is CC1=NN(c2cccc(Cl)c2)C(=Nc2nc3ccccc3s2)/C1=C\c1cccs1. The molecule has 0 unspecified atom stereocenters. The number of halogens is 1. The molecule has 1 aliphatic heterocycles. The van der Waals surface area contributed by atoms with Crippen molar-refractivity contribution in [1.82, 2.24) is 4.98 Å². The van der Waals surface area contributed by atoms with Gasteiger partial charge >= 0.3 is 0 Å². The molecule has 29 heavy (non-hydrogen) atoms. The van der Waals surface area contributed by atoms with Gasteiger partial charge in [0.1, 0.15) is 0 Å². The lowest BCUT2D eigenvalue weighted by Crippen LogP contribution is -2.21. The Morgan fingerprint density at radius 2 is 1.97 bits per heavy atom. The Bertz CT molecular complexity index is 1250. The van der Waals surface area contributed by atoms with Crippen LogP contribution in [-0.2, 0) is 0 Å². The predicted molar refractivity (Wildman–Crippen MR) is 126 cm³/mol. The molecule has 3 heterocycles. The summed E-state index contributed by atoms with van der Waals surface area (Å²) in [6.45, 7) is 2.00. The van der Waals surface area contributed by atoms with E-state index in [1.54, 1.807) is 22.7 Å². The fourth-order valence-electron chi connectivity index (χ4n) is 3.11. The van der Waals surface area contributed by atoms with Crippen LogP contribution in [0.15, 0.2) is 81.7 Å². The van der Waals surface area contributed by atoms with E-state index in [-0.39, 0.29) is 0 Å². The van der Waals surface area contributed by atoms with Crippen molar-refractivity contribution in [1.29, 1.82) is 0 Å². The van der Waals surface area contributed by atoms with Gasteiger partial charge in [0.15, 0.2) is 5.84 Å². The third-order valence-corrected chi connectivity index (χ3v) is 6.43. The van der Waals surface area contributed by atoms with Crippen LogP contribution in [0.5, 0.6) is 0 Å². The maximum Gasteiger partial charge on any atom is 0.212 e. The molecule has 0 radical (unpaired) electrons. The molecule has 0 aliphatic carbocycles. The summed E-state index contributed by atoms with van der Waals surface area (Å²) < 4.78 is 1.11. The molecule has 2 aromatic heterocycles. The standard InChI is InChI=1S/C22H15ClN4S2/c1-14-18(13-17-8-5-11-28-17)21(27(26-14)16-7-4-6-15(23)12-16)25-22-24-19-9-2-3-10-20(19)29-22/h2-13H,1H3/b18-13-,25-21?. The molecule has 0 atom stereocenters. The van der Waals surface area contributed by atoms with Gasteiger partial charge in [0, 0.05) is 15.5 Å². The summed E-state index contributed by atoms with van der Waals surface area (Å²) in [7, 11) is 0. The lowest BCUT2D eigenvalue weighted by Gasteiger charge is -2.15. The van der Waals surface area contributed by atoms with E-state index in [1.807, 2.05) is 60.5 Å². The van der Waals surface area contributed by atoms with E-state index in [4.69, 9.17) is 21.7 Å². The van der Waals surface area contributed by atoms with Crippen molar-refractivity contribution in [2.24, 2.45) is 10.1 Å². The van der Waals surface area contributed by atoms with Crippen molar-refractivity contribution in [2.45, 2.75) is 6.92 Å². The van der Waals surface area contributed by atoms with Crippen molar-refractivity contribution in [3.63, 3.8) is 0 Å². The van der Waals surface area contributed by atoms with E-state index >= 15 is 0 Å². The normalized spacial score (nSPS) is 16.9. The summed E-state index contributed by atoms with van der Waals surface area (Å²) in [5.41, 5.74) is 3.70. The van der Waals surface area contributed by atoms with Gasteiger partial charge in [-0.1, -0.05) is 47.2 Å². The molecule has 7 heteroatoms. The highest BCUT2D eigenvalue weighted by Crippen LogP contribution is 2.33. The molecule has 1 aliphatic rings. The van der Waals surface area contributed by atoms with Gasteiger partial charge in [0.25, 0.3) is 0 Å². The van der Waals surface area contributed by atoms with Gasteiger partial charge in [-0.05, 0) is 54.8 Å². The number of hydrogen-bond acceptors (Lipinski definition) is 5. The zero-order valence-corrected chi connectivity index (χ0v) is 17.8. The minimum absolute atomic E-state index is 0.658. The van der Waals surface area contributed by atoms with Crippen molar-refractivity contribution in [2.75, 3.05) is 5.01 Å².